The van der Waals surface area contributed by atoms with Crippen LogP contribution in [0.4, 0.5) is 0 Å². The molecular formula is C17H21ClN2. The van der Waals surface area contributed by atoms with Gasteiger partial charge in [-0.1, -0.05) is 48.4 Å². The molecule has 106 valence electrons. The normalized spacial score (nSPS) is 12.3. The number of pyridine rings is 1. The molecule has 0 aliphatic carbocycles. The second kappa shape index (κ2) is 7.41. The van der Waals surface area contributed by atoms with Crippen molar-refractivity contribution in [1.82, 2.24) is 10.3 Å². The van der Waals surface area contributed by atoms with Gasteiger partial charge in [0.1, 0.15) is 0 Å². The zero-order valence-corrected chi connectivity index (χ0v) is 12.8. The van der Waals surface area contributed by atoms with Crippen LogP contribution in [0.1, 0.15) is 36.1 Å². The number of rotatable bonds is 6. The van der Waals surface area contributed by atoms with Gasteiger partial charge in [0.25, 0.3) is 0 Å². The Kier molecular flexibility index (Phi) is 5.57. The fraction of sp³-hybridized carbons (Fsp3) is 0.353. The third kappa shape index (κ3) is 4.06. The van der Waals surface area contributed by atoms with E-state index in [1.54, 1.807) is 12.4 Å². The molecule has 1 N–H and O–H groups in total. The lowest BCUT2D eigenvalue weighted by Crippen LogP contribution is -2.24. The van der Waals surface area contributed by atoms with Crippen LogP contribution in [-0.2, 0) is 6.42 Å². The van der Waals surface area contributed by atoms with Crippen LogP contribution in [0.25, 0.3) is 0 Å². The van der Waals surface area contributed by atoms with E-state index in [0.717, 1.165) is 30.0 Å². The van der Waals surface area contributed by atoms with Crippen molar-refractivity contribution < 1.29 is 0 Å². The molecule has 20 heavy (non-hydrogen) atoms. The summed E-state index contributed by atoms with van der Waals surface area (Å²) in [6.45, 7) is 5.28. The molecule has 1 aromatic carbocycles. The number of aromatic nitrogens is 1. The Labute approximate surface area is 126 Å². The predicted molar refractivity (Wildman–Crippen MR) is 85.2 cm³/mol. The summed E-state index contributed by atoms with van der Waals surface area (Å²) >= 11 is 6.29. The van der Waals surface area contributed by atoms with Crippen molar-refractivity contribution in [1.29, 1.82) is 0 Å². The van der Waals surface area contributed by atoms with E-state index in [1.165, 1.54) is 11.1 Å². The Hall–Kier alpha value is -1.38. The lowest BCUT2D eigenvalue weighted by molar-refractivity contribution is 0.529. The van der Waals surface area contributed by atoms with Crippen LogP contribution in [0.2, 0.25) is 5.02 Å². The van der Waals surface area contributed by atoms with Gasteiger partial charge in [0, 0.05) is 18.4 Å². The first kappa shape index (κ1) is 15.0. The maximum Gasteiger partial charge on any atom is 0.0637 e. The molecule has 2 nitrogen and oxygen atoms in total. The van der Waals surface area contributed by atoms with Gasteiger partial charge in [-0.3, -0.25) is 4.98 Å². The molecule has 0 radical (unpaired) electrons. The SMILES string of the molecule is CCCNC(Cc1cccc(C)c1)c1ccncc1Cl. The summed E-state index contributed by atoms with van der Waals surface area (Å²) < 4.78 is 0. The van der Waals surface area contributed by atoms with Crippen LogP contribution in [0.5, 0.6) is 0 Å². The minimum absolute atomic E-state index is 0.229. The van der Waals surface area contributed by atoms with Crippen LogP contribution in [0.15, 0.2) is 42.7 Å². The van der Waals surface area contributed by atoms with E-state index in [2.05, 4.69) is 48.4 Å². The monoisotopic (exact) mass is 288 g/mol. The third-order valence-corrected chi connectivity index (χ3v) is 3.66. The van der Waals surface area contributed by atoms with E-state index in [1.807, 2.05) is 6.07 Å². The quantitative estimate of drug-likeness (QED) is 0.856. The van der Waals surface area contributed by atoms with Gasteiger partial charge in [0.2, 0.25) is 0 Å². The summed E-state index contributed by atoms with van der Waals surface area (Å²) in [6, 6.07) is 10.9. The summed E-state index contributed by atoms with van der Waals surface area (Å²) in [5, 5.41) is 4.31. The van der Waals surface area contributed by atoms with Gasteiger partial charge in [0.15, 0.2) is 0 Å². The van der Waals surface area contributed by atoms with Gasteiger partial charge in [-0.15, -0.1) is 0 Å². The van der Waals surface area contributed by atoms with Crippen molar-refractivity contribution in [3.8, 4) is 0 Å². The Balaban J connectivity index is 2.22. The van der Waals surface area contributed by atoms with Crippen molar-refractivity contribution in [2.45, 2.75) is 32.7 Å². The highest BCUT2D eigenvalue weighted by Crippen LogP contribution is 2.25. The molecule has 0 fully saturated rings. The molecule has 2 rings (SSSR count). The lowest BCUT2D eigenvalue weighted by atomic mass is 9.98. The van der Waals surface area contributed by atoms with Gasteiger partial charge >= 0.3 is 0 Å². The molecular weight excluding hydrogens is 268 g/mol. The average Bonchev–Trinajstić information content (AvgIpc) is 2.44. The molecule has 1 aromatic heterocycles. The highest BCUT2D eigenvalue weighted by molar-refractivity contribution is 6.31. The van der Waals surface area contributed by atoms with Crippen LogP contribution >= 0.6 is 11.6 Å². The van der Waals surface area contributed by atoms with Crippen molar-refractivity contribution in [2.75, 3.05) is 6.54 Å². The molecule has 1 heterocycles. The molecule has 0 saturated heterocycles. The van der Waals surface area contributed by atoms with Gasteiger partial charge in [-0.25, -0.2) is 0 Å². The van der Waals surface area contributed by atoms with E-state index in [4.69, 9.17) is 11.6 Å². The number of hydrogen-bond acceptors (Lipinski definition) is 2. The standard InChI is InChI=1S/C17H21ClN2/c1-3-8-20-17(15-7-9-19-12-16(15)18)11-14-6-4-5-13(2)10-14/h4-7,9-10,12,17,20H,3,8,11H2,1-2H3. The van der Waals surface area contributed by atoms with E-state index in [-0.39, 0.29) is 6.04 Å². The van der Waals surface area contributed by atoms with E-state index in [9.17, 15) is 0 Å². The molecule has 1 atom stereocenters. The molecule has 0 saturated carbocycles. The first-order valence-corrected chi connectivity index (χ1v) is 7.47. The van der Waals surface area contributed by atoms with E-state index >= 15 is 0 Å². The van der Waals surface area contributed by atoms with Crippen molar-refractivity contribution >= 4 is 11.6 Å². The molecule has 0 spiro atoms. The van der Waals surface area contributed by atoms with Crippen LogP contribution < -0.4 is 5.32 Å². The maximum atomic E-state index is 6.29. The fourth-order valence-corrected chi connectivity index (χ4v) is 2.61. The van der Waals surface area contributed by atoms with E-state index in [0.29, 0.717) is 0 Å². The number of benzene rings is 1. The van der Waals surface area contributed by atoms with Gasteiger partial charge in [-0.2, -0.15) is 0 Å². The Morgan fingerprint density at radius 2 is 2.15 bits per heavy atom. The summed E-state index contributed by atoms with van der Waals surface area (Å²) in [4.78, 5) is 4.07. The van der Waals surface area contributed by atoms with Crippen LogP contribution in [0, 0.1) is 6.92 Å². The second-order valence-electron chi connectivity index (χ2n) is 5.10. The third-order valence-electron chi connectivity index (χ3n) is 3.34. The summed E-state index contributed by atoms with van der Waals surface area (Å²) in [5.41, 5.74) is 3.74. The zero-order valence-electron chi connectivity index (χ0n) is 12.1. The molecule has 0 bridgehead atoms. The first-order valence-electron chi connectivity index (χ1n) is 7.09. The van der Waals surface area contributed by atoms with Gasteiger partial charge in [0.05, 0.1) is 5.02 Å². The minimum atomic E-state index is 0.229. The van der Waals surface area contributed by atoms with Crippen molar-refractivity contribution in [3.05, 3.63) is 64.4 Å². The Morgan fingerprint density at radius 1 is 1.30 bits per heavy atom. The smallest absolute Gasteiger partial charge is 0.0637 e. The van der Waals surface area contributed by atoms with Crippen molar-refractivity contribution in [3.63, 3.8) is 0 Å². The number of nitrogens with one attached hydrogen (secondary N) is 1. The average molecular weight is 289 g/mol. The molecule has 2 aromatic rings. The molecule has 3 heteroatoms. The number of nitrogens with zero attached hydrogens (tertiary/aromatic N) is 1. The Bertz CT molecular complexity index is 554. The topological polar surface area (TPSA) is 24.9 Å². The zero-order chi connectivity index (χ0) is 14.4. The van der Waals surface area contributed by atoms with Crippen LogP contribution in [-0.4, -0.2) is 11.5 Å². The highest BCUT2D eigenvalue weighted by Gasteiger charge is 2.14. The first-order chi connectivity index (χ1) is 9.70. The second-order valence-corrected chi connectivity index (χ2v) is 5.50. The predicted octanol–water partition coefficient (Wildman–Crippen LogP) is 4.33. The lowest BCUT2D eigenvalue weighted by Gasteiger charge is -2.20. The summed E-state index contributed by atoms with van der Waals surface area (Å²) in [5.74, 6) is 0. The fourth-order valence-electron chi connectivity index (χ4n) is 2.35. The molecule has 1 unspecified atom stereocenters. The van der Waals surface area contributed by atoms with E-state index < -0.39 is 0 Å². The van der Waals surface area contributed by atoms with Gasteiger partial charge in [-0.05, 0) is 43.5 Å². The molecule has 0 amide bonds. The van der Waals surface area contributed by atoms with Crippen LogP contribution in [0.3, 0.4) is 0 Å². The van der Waals surface area contributed by atoms with Crippen molar-refractivity contribution in [2.24, 2.45) is 0 Å². The highest BCUT2D eigenvalue weighted by atomic mass is 35.5. The summed E-state index contributed by atoms with van der Waals surface area (Å²) in [6.07, 6.45) is 5.56. The summed E-state index contributed by atoms with van der Waals surface area (Å²) in [7, 11) is 0. The number of halogens is 1. The van der Waals surface area contributed by atoms with Gasteiger partial charge < -0.3 is 5.32 Å². The maximum absolute atomic E-state index is 6.29. The largest absolute Gasteiger partial charge is 0.310 e. The Morgan fingerprint density at radius 3 is 2.85 bits per heavy atom. The molecule has 0 aliphatic rings. The molecule has 0 aliphatic heterocycles. The minimum Gasteiger partial charge on any atom is -0.310 e. The number of hydrogen-bond donors (Lipinski definition) is 1. The number of aryl methyl sites for hydroxylation is 1.